The van der Waals surface area contributed by atoms with Crippen LogP contribution in [0.2, 0.25) is 0 Å². The minimum absolute atomic E-state index is 0.583. The smallest absolute Gasteiger partial charge is 0.0410 e. The summed E-state index contributed by atoms with van der Waals surface area (Å²) in [6.45, 7) is 0. The Labute approximate surface area is 75.6 Å². The van der Waals surface area contributed by atoms with E-state index < -0.39 is 0 Å². The highest BCUT2D eigenvalue weighted by Crippen LogP contribution is 2.26. The van der Waals surface area contributed by atoms with Crippen molar-refractivity contribution >= 4 is 12.1 Å². The maximum Gasteiger partial charge on any atom is 0.0410 e. The van der Waals surface area contributed by atoms with E-state index in [-0.39, 0.29) is 0 Å². The minimum Gasteiger partial charge on any atom is -0.246 e. The van der Waals surface area contributed by atoms with Crippen LogP contribution in [0.4, 0.5) is 0 Å². The van der Waals surface area contributed by atoms with Crippen molar-refractivity contribution in [2.45, 2.75) is 37.0 Å². The first-order chi connectivity index (χ1) is 5.93. The van der Waals surface area contributed by atoms with Gasteiger partial charge < -0.3 is 0 Å². The monoisotopic (exact) mass is 187 g/mol. The molecule has 0 bridgehead atoms. The Kier molecular flexibility index (Phi) is 1.78. The molecule has 0 aromatic rings. The maximum atomic E-state index is 3.38. The van der Waals surface area contributed by atoms with Gasteiger partial charge in [-0.05, 0) is 12.8 Å². The summed E-state index contributed by atoms with van der Waals surface area (Å²) in [4.78, 5) is 0. The quantitative estimate of drug-likeness (QED) is 0.301. The first-order valence-electron chi connectivity index (χ1n) is 4.36. The third kappa shape index (κ3) is 1.07. The van der Waals surface area contributed by atoms with Crippen LogP contribution in [-0.2, 0) is 0 Å². The van der Waals surface area contributed by atoms with E-state index in [1.165, 1.54) is 12.8 Å². The van der Waals surface area contributed by atoms with E-state index >= 15 is 0 Å². The van der Waals surface area contributed by atoms with Gasteiger partial charge in [-0.1, -0.05) is 0 Å². The van der Waals surface area contributed by atoms with Crippen molar-refractivity contribution in [3.63, 3.8) is 0 Å². The summed E-state index contributed by atoms with van der Waals surface area (Å²) in [5.74, 6) is 0. The molecule has 3 rings (SSSR count). The Morgan fingerprint density at radius 1 is 0.833 bits per heavy atom. The number of rotatable bonds is 0. The Morgan fingerprint density at radius 2 is 1.42 bits per heavy atom. The molecule has 5 nitrogen and oxygen atoms in total. The minimum atomic E-state index is 0.583. The molecule has 1 aliphatic carbocycles. The fourth-order valence-electron chi connectivity index (χ4n) is 2.20. The van der Waals surface area contributed by atoms with Crippen molar-refractivity contribution in [3.05, 3.63) is 0 Å². The summed E-state index contributed by atoms with van der Waals surface area (Å²) >= 11 is 1.64. The van der Waals surface area contributed by atoms with Crippen LogP contribution in [0.15, 0.2) is 0 Å². The first kappa shape index (κ1) is 7.54. The van der Waals surface area contributed by atoms with Gasteiger partial charge in [0.25, 0.3) is 0 Å². The van der Waals surface area contributed by atoms with Gasteiger partial charge in [-0.3, -0.25) is 0 Å². The molecule has 4 atom stereocenters. The van der Waals surface area contributed by atoms with Crippen LogP contribution in [-0.4, -0.2) is 24.2 Å². The summed E-state index contributed by atoms with van der Waals surface area (Å²) in [5, 5.41) is 0. The van der Waals surface area contributed by atoms with Crippen molar-refractivity contribution in [1.82, 2.24) is 25.8 Å². The molecule has 4 unspecified atom stereocenters. The summed E-state index contributed by atoms with van der Waals surface area (Å²) in [6, 6.07) is 2.43. The van der Waals surface area contributed by atoms with Gasteiger partial charge in [0.05, 0.1) is 0 Å². The molecule has 0 radical (unpaired) electrons. The zero-order valence-electron chi connectivity index (χ0n) is 6.63. The fourth-order valence-corrected chi connectivity index (χ4v) is 3.09. The van der Waals surface area contributed by atoms with Gasteiger partial charge in [0.15, 0.2) is 0 Å². The van der Waals surface area contributed by atoms with Crippen LogP contribution >= 0.6 is 12.1 Å². The molecular formula is C6H13N5S. The second kappa shape index (κ2) is 2.83. The van der Waals surface area contributed by atoms with E-state index in [1.807, 2.05) is 0 Å². The molecular weight excluding hydrogens is 174 g/mol. The van der Waals surface area contributed by atoms with Crippen molar-refractivity contribution in [1.29, 1.82) is 0 Å². The molecule has 2 aliphatic heterocycles. The van der Waals surface area contributed by atoms with E-state index in [2.05, 4.69) is 25.8 Å². The third-order valence-electron chi connectivity index (χ3n) is 2.92. The Bertz CT molecular complexity index is 153. The standard InChI is InChI=1S/C6H13N5S/c1-3-4(8-11-7-3)2-6-5(1)9-12-10-6/h3-11H,1-2H2. The zero-order valence-corrected chi connectivity index (χ0v) is 7.45. The molecule has 68 valence electrons. The Morgan fingerprint density at radius 3 is 2.00 bits per heavy atom. The number of hydrazine groups is 2. The molecule has 1 saturated carbocycles. The second-order valence-corrected chi connectivity index (χ2v) is 4.32. The predicted molar refractivity (Wildman–Crippen MR) is 47.7 cm³/mol. The average Bonchev–Trinajstić information content (AvgIpc) is 2.64. The van der Waals surface area contributed by atoms with Crippen LogP contribution in [0.3, 0.4) is 0 Å². The van der Waals surface area contributed by atoms with E-state index in [0.717, 1.165) is 0 Å². The van der Waals surface area contributed by atoms with Gasteiger partial charge in [0.1, 0.15) is 0 Å². The van der Waals surface area contributed by atoms with Crippen LogP contribution in [0.5, 0.6) is 0 Å². The molecule has 6 heteroatoms. The van der Waals surface area contributed by atoms with Crippen molar-refractivity contribution in [3.8, 4) is 0 Å². The van der Waals surface area contributed by atoms with Crippen LogP contribution in [0.1, 0.15) is 12.8 Å². The highest BCUT2D eigenvalue weighted by molar-refractivity contribution is 7.95. The Balaban J connectivity index is 1.75. The molecule has 0 amide bonds. The van der Waals surface area contributed by atoms with E-state index in [4.69, 9.17) is 0 Å². The largest absolute Gasteiger partial charge is 0.246 e. The number of fused-ring (bicyclic) bond motifs is 2. The molecule has 0 aromatic carbocycles. The van der Waals surface area contributed by atoms with Crippen molar-refractivity contribution < 1.29 is 0 Å². The lowest BCUT2D eigenvalue weighted by atomic mass is 9.85. The van der Waals surface area contributed by atoms with Crippen molar-refractivity contribution in [2.75, 3.05) is 0 Å². The van der Waals surface area contributed by atoms with E-state index in [1.54, 1.807) is 12.1 Å². The molecule has 3 fully saturated rings. The van der Waals surface area contributed by atoms with E-state index in [0.29, 0.717) is 24.2 Å². The molecule has 2 heterocycles. The lowest BCUT2D eigenvalue weighted by Gasteiger charge is -2.31. The lowest BCUT2D eigenvalue weighted by Crippen LogP contribution is -2.51. The summed E-state index contributed by atoms with van der Waals surface area (Å²) in [6.07, 6.45) is 2.38. The SMILES string of the molecule is C1C2NNNC2CC2NSNC12. The first-order valence-corrected chi connectivity index (χ1v) is 5.18. The maximum absolute atomic E-state index is 3.38. The molecule has 12 heavy (non-hydrogen) atoms. The van der Waals surface area contributed by atoms with Gasteiger partial charge in [0, 0.05) is 36.3 Å². The van der Waals surface area contributed by atoms with E-state index in [9.17, 15) is 0 Å². The number of hydrogen-bond acceptors (Lipinski definition) is 6. The van der Waals surface area contributed by atoms with Crippen LogP contribution < -0.4 is 25.8 Å². The second-order valence-electron chi connectivity index (χ2n) is 3.65. The van der Waals surface area contributed by atoms with Crippen molar-refractivity contribution in [2.24, 2.45) is 0 Å². The number of nitrogens with one attached hydrogen (secondary N) is 5. The normalized spacial score (nSPS) is 52.0. The fraction of sp³-hybridized carbons (Fsp3) is 1.00. The highest BCUT2D eigenvalue weighted by Gasteiger charge is 2.41. The zero-order chi connectivity index (χ0) is 7.97. The number of hydrogen-bond donors (Lipinski definition) is 5. The molecule has 3 aliphatic rings. The summed E-state index contributed by atoms with van der Waals surface area (Å²) < 4.78 is 6.76. The lowest BCUT2D eigenvalue weighted by molar-refractivity contribution is 0.295. The summed E-state index contributed by atoms with van der Waals surface area (Å²) in [5.41, 5.74) is 9.46. The van der Waals surface area contributed by atoms with Gasteiger partial charge >= 0.3 is 0 Å². The average molecular weight is 187 g/mol. The Hall–Kier alpha value is 0.150. The summed E-state index contributed by atoms with van der Waals surface area (Å²) in [7, 11) is 0. The predicted octanol–water partition coefficient (Wildman–Crippen LogP) is -1.38. The molecule has 5 N–H and O–H groups in total. The molecule has 0 spiro atoms. The third-order valence-corrected chi connectivity index (χ3v) is 3.76. The van der Waals surface area contributed by atoms with Gasteiger partial charge in [-0.25, -0.2) is 20.3 Å². The van der Waals surface area contributed by atoms with Crippen LogP contribution in [0.25, 0.3) is 0 Å². The van der Waals surface area contributed by atoms with Crippen LogP contribution in [0, 0.1) is 0 Å². The highest BCUT2D eigenvalue weighted by atomic mass is 32.2. The van der Waals surface area contributed by atoms with Gasteiger partial charge in [0.2, 0.25) is 0 Å². The van der Waals surface area contributed by atoms with Gasteiger partial charge in [-0.2, -0.15) is 5.53 Å². The molecule has 2 saturated heterocycles. The van der Waals surface area contributed by atoms with Gasteiger partial charge in [-0.15, -0.1) is 0 Å². The molecule has 0 aromatic heterocycles. The topological polar surface area (TPSA) is 60.1 Å².